The Morgan fingerprint density at radius 2 is 1.59 bits per heavy atom. The summed E-state index contributed by atoms with van der Waals surface area (Å²) in [6, 6.07) is 22.6. The molecule has 0 saturated carbocycles. The van der Waals surface area contributed by atoms with Crippen LogP contribution in [-0.4, -0.2) is 12.7 Å². The van der Waals surface area contributed by atoms with Gasteiger partial charge in [-0.05, 0) is 62.2 Å². The van der Waals surface area contributed by atoms with Gasteiger partial charge in [-0.25, -0.2) is 12.7 Å². The van der Waals surface area contributed by atoms with Crippen molar-refractivity contribution in [1.29, 1.82) is 0 Å². The number of fused-ring (bicyclic) bond motifs is 3. The maximum Gasteiger partial charge on any atom is 0.268 e. The Hall–Kier alpha value is -3.83. The molecule has 0 saturated heterocycles. The van der Waals surface area contributed by atoms with E-state index in [9.17, 15) is 8.42 Å². The fourth-order valence-corrected chi connectivity index (χ4v) is 5.73. The van der Waals surface area contributed by atoms with Crippen molar-refractivity contribution < 1.29 is 12.8 Å². The van der Waals surface area contributed by atoms with Crippen LogP contribution in [0.2, 0.25) is 0 Å². The van der Waals surface area contributed by atoms with Gasteiger partial charge in [0, 0.05) is 17.1 Å². The van der Waals surface area contributed by atoms with Gasteiger partial charge < -0.3 is 4.42 Å². The minimum absolute atomic E-state index is 0.216. The van der Waals surface area contributed by atoms with Crippen LogP contribution in [0.15, 0.2) is 106 Å². The van der Waals surface area contributed by atoms with E-state index in [0.29, 0.717) is 22.6 Å². The molecule has 1 aliphatic heterocycles. The highest BCUT2D eigenvalue weighted by Gasteiger charge is 2.33. The van der Waals surface area contributed by atoms with Crippen molar-refractivity contribution in [3.05, 3.63) is 125 Å². The molecular formula is C29H25NO3S. The van der Waals surface area contributed by atoms with Gasteiger partial charge >= 0.3 is 0 Å². The van der Waals surface area contributed by atoms with Crippen molar-refractivity contribution in [2.24, 2.45) is 0 Å². The molecule has 0 radical (unpaired) electrons. The predicted molar refractivity (Wildman–Crippen MR) is 137 cm³/mol. The first-order chi connectivity index (χ1) is 16.3. The van der Waals surface area contributed by atoms with Gasteiger partial charge in [0.15, 0.2) is 0 Å². The number of aryl methyl sites for hydroxylation is 2. The molecule has 170 valence electrons. The van der Waals surface area contributed by atoms with Crippen LogP contribution in [0.3, 0.4) is 0 Å². The topological polar surface area (TPSA) is 50.5 Å². The molecule has 34 heavy (non-hydrogen) atoms. The predicted octanol–water partition coefficient (Wildman–Crippen LogP) is 7.06. The van der Waals surface area contributed by atoms with E-state index < -0.39 is 10.0 Å². The quantitative estimate of drug-likeness (QED) is 0.323. The Balaban J connectivity index is 1.87. The van der Waals surface area contributed by atoms with E-state index in [2.05, 4.69) is 12.6 Å². The normalized spacial score (nSPS) is 13.8. The standard InChI is InChI=1S/C29H25NO3S/c1-19(2)28-27(22-8-6-5-7-9-22)29-24(25-18-21(4)12-15-26(25)33-29)16-17-30(28)34(31,32)23-13-10-20(3)11-14-23/h5-18H,1H2,2-4H3. The summed E-state index contributed by atoms with van der Waals surface area (Å²) in [5.41, 5.74) is 6.34. The first-order valence-electron chi connectivity index (χ1n) is 11.1. The summed E-state index contributed by atoms with van der Waals surface area (Å²) in [4.78, 5) is 0.216. The maximum absolute atomic E-state index is 13.9. The first-order valence-corrected chi connectivity index (χ1v) is 12.5. The smallest absolute Gasteiger partial charge is 0.268 e. The van der Waals surface area contributed by atoms with Crippen molar-refractivity contribution in [2.45, 2.75) is 25.7 Å². The van der Waals surface area contributed by atoms with Gasteiger partial charge in [-0.15, -0.1) is 0 Å². The molecular weight excluding hydrogens is 442 g/mol. The van der Waals surface area contributed by atoms with Gasteiger partial charge in [0.2, 0.25) is 0 Å². The van der Waals surface area contributed by atoms with Crippen LogP contribution in [0, 0.1) is 13.8 Å². The highest BCUT2D eigenvalue weighted by molar-refractivity contribution is 7.89. The van der Waals surface area contributed by atoms with Gasteiger partial charge in [0.05, 0.1) is 16.2 Å². The van der Waals surface area contributed by atoms with Crippen molar-refractivity contribution in [1.82, 2.24) is 4.31 Å². The Bertz CT molecular complexity index is 1590. The molecule has 0 atom stereocenters. The van der Waals surface area contributed by atoms with Crippen LogP contribution >= 0.6 is 0 Å². The second kappa shape index (κ2) is 8.19. The monoisotopic (exact) mass is 467 g/mol. The summed E-state index contributed by atoms with van der Waals surface area (Å²) in [5.74, 6) is 0.627. The molecule has 0 amide bonds. The molecule has 4 nitrogen and oxygen atoms in total. The van der Waals surface area contributed by atoms with Gasteiger partial charge in [0.25, 0.3) is 10.0 Å². The SMILES string of the molecule is C=C(C)C1=C(c2ccccc2)c2oc3ccc(C)cc3c2C=CN1S(=O)(=O)c1ccc(C)cc1. The molecule has 4 aromatic rings. The van der Waals surface area contributed by atoms with Crippen LogP contribution < -0.4 is 0 Å². The molecule has 1 aromatic heterocycles. The third-order valence-corrected chi connectivity index (χ3v) is 7.68. The van der Waals surface area contributed by atoms with E-state index >= 15 is 0 Å². The van der Waals surface area contributed by atoms with Gasteiger partial charge in [0.1, 0.15) is 11.3 Å². The molecule has 0 N–H and O–H groups in total. The van der Waals surface area contributed by atoms with Crippen molar-refractivity contribution in [3.8, 4) is 0 Å². The minimum atomic E-state index is -3.91. The second-order valence-corrected chi connectivity index (χ2v) is 10.5. The third-order valence-electron chi connectivity index (χ3n) is 5.99. The van der Waals surface area contributed by atoms with Gasteiger partial charge in [-0.2, -0.15) is 0 Å². The number of furan rings is 1. The Morgan fingerprint density at radius 1 is 0.912 bits per heavy atom. The summed E-state index contributed by atoms with van der Waals surface area (Å²) >= 11 is 0. The third kappa shape index (κ3) is 3.58. The lowest BCUT2D eigenvalue weighted by atomic mass is 9.96. The highest BCUT2D eigenvalue weighted by Crippen LogP contribution is 2.43. The van der Waals surface area contributed by atoms with Crippen LogP contribution in [0.25, 0.3) is 22.6 Å². The van der Waals surface area contributed by atoms with Crippen molar-refractivity contribution in [2.75, 3.05) is 0 Å². The van der Waals surface area contributed by atoms with E-state index in [1.165, 1.54) is 4.31 Å². The van der Waals surface area contributed by atoms with Crippen LogP contribution in [-0.2, 0) is 10.0 Å². The number of benzene rings is 3. The van der Waals surface area contributed by atoms with Gasteiger partial charge in [-0.3, -0.25) is 0 Å². The Morgan fingerprint density at radius 3 is 2.26 bits per heavy atom. The lowest BCUT2D eigenvalue weighted by Crippen LogP contribution is -2.26. The molecule has 0 unspecified atom stereocenters. The number of rotatable bonds is 4. The zero-order valence-electron chi connectivity index (χ0n) is 19.4. The van der Waals surface area contributed by atoms with E-state index in [1.807, 2.05) is 69.3 Å². The van der Waals surface area contributed by atoms with E-state index in [1.54, 1.807) is 30.5 Å². The molecule has 5 rings (SSSR count). The second-order valence-electron chi connectivity index (χ2n) is 8.64. The average molecular weight is 468 g/mol. The van der Waals surface area contributed by atoms with Crippen LogP contribution in [0.5, 0.6) is 0 Å². The van der Waals surface area contributed by atoms with Crippen LogP contribution in [0.1, 0.15) is 34.9 Å². The van der Waals surface area contributed by atoms with Crippen molar-refractivity contribution in [3.63, 3.8) is 0 Å². The maximum atomic E-state index is 13.9. The summed E-state index contributed by atoms with van der Waals surface area (Å²) in [6.07, 6.45) is 3.44. The Kier molecular flexibility index (Phi) is 5.29. The molecule has 0 fully saturated rings. The lowest BCUT2D eigenvalue weighted by molar-refractivity contribution is 0.544. The summed E-state index contributed by atoms with van der Waals surface area (Å²) in [6.45, 7) is 9.95. The summed E-state index contributed by atoms with van der Waals surface area (Å²) < 4.78 is 35.5. The lowest BCUT2D eigenvalue weighted by Gasteiger charge is -2.25. The molecule has 0 spiro atoms. The summed E-state index contributed by atoms with van der Waals surface area (Å²) in [5, 5.41) is 0.940. The largest absolute Gasteiger partial charge is 0.455 e. The summed E-state index contributed by atoms with van der Waals surface area (Å²) in [7, 11) is -3.91. The number of nitrogens with zero attached hydrogens (tertiary/aromatic N) is 1. The zero-order valence-corrected chi connectivity index (χ0v) is 20.2. The van der Waals surface area contributed by atoms with E-state index in [-0.39, 0.29) is 4.90 Å². The molecule has 0 aliphatic carbocycles. The molecule has 5 heteroatoms. The number of allylic oxidation sites excluding steroid dienone is 1. The first kappa shape index (κ1) is 22.0. The average Bonchev–Trinajstić information content (AvgIpc) is 3.06. The Labute approximate surface area is 200 Å². The van der Waals surface area contributed by atoms with Crippen molar-refractivity contribution >= 4 is 32.6 Å². The van der Waals surface area contributed by atoms with E-state index in [4.69, 9.17) is 4.42 Å². The molecule has 1 aliphatic rings. The molecule has 3 aromatic carbocycles. The minimum Gasteiger partial charge on any atom is -0.455 e. The number of hydrogen-bond acceptors (Lipinski definition) is 3. The fourth-order valence-electron chi connectivity index (χ4n) is 4.31. The van der Waals surface area contributed by atoms with E-state index in [0.717, 1.165) is 33.2 Å². The van der Waals surface area contributed by atoms with Gasteiger partial charge in [-0.1, -0.05) is 66.2 Å². The molecule has 2 heterocycles. The highest BCUT2D eigenvalue weighted by atomic mass is 32.2. The zero-order chi connectivity index (χ0) is 24.0. The number of hydrogen-bond donors (Lipinski definition) is 0. The molecule has 0 bridgehead atoms. The fraction of sp³-hybridized carbons (Fsp3) is 0.103. The van der Waals surface area contributed by atoms with Crippen LogP contribution in [0.4, 0.5) is 0 Å². The number of sulfonamides is 1.